The van der Waals surface area contributed by atoms with Gasteiger partial charge in [-0.15, -0.1) is 0 Å². The minimum atomic E-state index is -4.83. The maximum atomic E-state index is 12.6. The summed E-state index contributed by atoms with van der Waals surface area (Å²) in [5, 5.41) is 8.70. The number of halogens is 3. The zero-order valence-corrected chi connectivity index (χ0v) is 17.7. The Bertz CT molecular complexity index is 766. The number of Topliss-reactive ketones (excluding diaryl/α,β-unsaturated/α-hetero) is 1. The van der Waals surface area contributed by atoms with E-state index >= 15 is 0 Å². The van der Waals surface area contributed by atoms with Gasteiger partial charge in [-0.2, -0.15) is 13.2 Å². The third-order valence-corrected chi connectivity index (χ3v) is 7.09. The number of hydrogen-bond donors (Lipinski definition) is 1. The van der Waals surface area contributed by atoms with E-state index in [2.05, 4.69) is 6.08 Å². The lowest BCUT2D eigenvalue weighted by Crippen LogP contribution is -2.25. The third kappa shape index (κ3) is 6.68. The van der Waals surface area contributed by atoms with Gasteiger partial charge in [0.25, 0.3) is 5.78 Å². The minimum Gasteiger partial charge on any atom is -0.481 e. The lowest BCUT2D eigenvalue weighted by atomic mass is 9.68. The molecule has 1 N–H and O–H groups in total. The first kappa shape index (κ1) is 23.6. The molecule has 1 aromatic rings. The molecule has 0 radical (unpaired) electrons. The molecule has 0 aromatic heterocycles. The number of alkyl halides is 3. The Balaban J connectivity index is 1.43. The van der Waals surface area contributed by atoms with Crippen molar-refractivity contribution < 1.29 is 27.9 Å². The van der Waals surface area contributed by atoms with Crippen molar-refractivity contribution in [3.63, 3.8) is 0 Å². The Morgan fingerprint density at radius 2 is 1.45 bits per heavy atom. The molecule has 0 bridgehead atoms. The summed E-state index contributed by atoms with van der Waals surface area (Å²) in [6.07, 6.45) is 9.35. The monoisotopic (exact) mass is 436 g/mol. The second kappa shape index (κ2) is 10.5. The molecule has 1 aromatic carbocycles. The summed E-state index contributed by atoms with van der Waals surface area (Å²) < 4.78 is 37.7. The average Bonchev–Trinajstić information content (AvgIpc) is 2.76. The molecule has 2 aliphatic carbocycles. The van der Waals surface area contributed by atoms with E-state index in [9.17, 15) is 22.8 Å². The first-order chi connectivity index (χ1) is 14.7. The molecule has 31 heavy (non-hydrogen) atoms. The number of carbonyl (C=O) groups is 2. The van der Waals surface area contributed by atoms with Gasteiger partial charge in [-0.25, -0.2) is 0 Å². The fourth-order valence-corrected chi connectivity index (χ4v) is 5.30. The van der Waals surface area contributed by atoms with E-state index in [0.29, 0.717) is 18.3 Å². The highest BCUT2D eigenvalue weighted by atomic mass is 19.4. The van der Waals surface area contributed by atoms with Crippen molar-refractivity contribution in [2.24, 2.45) is 17.8 Å². The Morgan fingerprint density at radius 3 is 1.97 bits per heavy atom. The SMILES string of the molecule is O=C(O)CCC=C[C@H]1CC[C@H]([C@H]2CC[C@H](c3ccc(C(=O)C(F)(F)F)cc3)CC2)CC1. The highest BCUT2D eigenvalue weighted by Gasteiger charge is 2.39. The van der Waals surface area contributed by atoms with Crippen LogP contribution in [0.2, 0.25) is 0 Å². The zero-order valence-electron chi connectivity index (χ0n) is 17.7. The number of hydrogen-bond acceptors (Lipinski definition) is 2. The predicted molar refractivity (Wildman–Crippen MR) is 113 cm³/mol. The molecular formula is C25H31F3O3. The molecule has 2 saturated carbocycles. The van der Waals surface area contributed by atoms with Crippen molar-refractivity contribution in [3.8, 4) is 0 Å². The van der Waals surface area contributed by atoms with Crippen molar-refractivity contribution in [3.05, 3.63) is 47.5 Å². The van der Waals surface area contributed by atoms with Gasteiger partial charge in [0.15, 0.2) is 0 Å². The van der Waals surface area contributed by atoms with E-state index < -0.39 is 17.9 Å². The van der Waals surface area contributed by atoms with Crippen LogP contribution in [0.15, 0.2) is 36.4 Å². The van der Waals surface area contributed by atoms with Crippen LogP contribution in [0, 0.1) is 17.8 Å². The van der Waals surface area contributed by atoms with Crippen LogP contribution in [0.3, 0.4) is 0 Å². The van der Waals surface area contributed by atoms with Gasteiger partial charge in [0, 0.05) is 12.0 Å². The smallest absolute Gasteiger partial charge is 0.454 e. The Labute approximate surface area is 181 Å². The number of benzene rings is 1. The topological polar surface area (TPSA) is 54.4 Å². The molecule has 0 atom stereocenters. The number of carboxylic acid groups (broad SMARTS) is 1. The highest BCUT2D eigenvalue weighted by molar-refractivity contribution is 6.00. The van der Waals surface area contributed by atoms with E-state index in [1.54, 1.807) is 12.1 Å². The summed E-state index contributed by atoms with van der Waals surface area (Å²) >= 11 is 0. The fraction of sp³-hybridized carbons (Fsp3) is 0.600. The molecular weight excluding hydrogens is 405 g/mol. The van der Waals surface area contributed by atoms with Gasteiger partial charge in [0.2, 0.25) is 0 Å². The second-order valence-corrected chi connectivity index (χ2v) is 9.10. The number of aliphatic carboxylic acids is 1. The Kier molecular flexibility index (Phi) is 7.95. The maximum absolute atomic E-state index is 12.6. The first-order valence-electron chi connectivity index (χ1n) is 11.3. The van der Waals surface area contributed by atoms with Crippen molar-refractivity contribution in [2.45, 2.75) is 76.3 Å². The van der Waals surface area contributed by atoms with E-state index in [1.165, 1.54) is 37.8 Å². The number of allylic oxidation sites excluding steroid dienone is 2. The molecule has 2 aliphatic rings. The van der Waals surface area contributed by atoms with Gasteiger partial charge in [-0.05, 0) is 87.0 Å². The standard InChI is InChI=1S/C25H31F3O3/c26-25(27,28)24(31)22-15-13-21(14-16-22)20-11-9-19(10-12-20)18-7-5-17(6-8-18)3-1-2-4-23(29)30/h1,3,13-20H,2,4-12H2,(H,29,30)/t17-,18-,19-,20-. The van der Waals surface area contributed by atoms with Crippen LogP contribution >= 0.6 is 0 Å². The summed E-state index contributed by atoms with van der Waals surface area (Å²) in [6.45, 7) is 0. The van der Waals surface area contributed by atoms with Gasteiger partial charge < -0.3 is 5.11 Å². The van der Waals surface area contributed by atoms with Crippen LogP contribution in [0.25, 0.3) is 0 Å². The molecule has 0 heterocycles. The lowest BCUT2D eigenvalue weighted by molar-refractivity contribution is -0.136. The fourth-order valence-electron chi connectivity index (χ4n) is 5.30. The van der Waals surface area contributed by atoms with Crippen LogP contribution in [-0.2, 0) is 4.79 Å². The summed E-state index contributed by atoms with van der Waals surface area (Å²) in [5.74, 6) is -0.139. The summed E-state index contributed by atoms with van der Waals surface area (Å²) in [5.41, 5.74) is 0.742. The Morgan fingerprint density at radius 1 is 0.903 bits per heavy atom. The van der Waals surface area contributed by atoms with E-state index in [1.807, 2.05) is 6.08 Å². The molecule has 6 heteroatoms. The number of carbonyl (C=O) groups excluding carboxylic acids is 1. The van der Waals surface area contributed by atoms with Crippen LogP contribution in [0.5, 0.6) is 0 Å². The average molecular weight is 437 g/mol. The molecule has 2 fully saturated rings. The predicted octanol–water partition coefficient (Wildman–Crippen LogP) is 6.93. The van der Waals surface area contributed by atoms with Crippen molar-refractivity contribution in [2.75, 3.05) is 0 Å². The molecule has 3 rings (SSSR count). The summed E-state index contributed by atoms with van der Waals surface area (Å²) in [7, 11) is 0. The van der Waals surface area contributed by atoms with Crippen LogP contribution in [-0.4, -0.2) is 23.0 Å². The molecule has 0 aliphatic heterocycles. The number of carboxylic acids is 1. The van der Waals surface area contributed by atoms with E-state index in [0.717, 1.165) is 43.1 Å². The van der Waals surface area contributed by atoms with Crippen LogP contribution < -0.4 is 0 Å². The van der Waals surface area contributed by atoms with Gasteiger partial charge >= 0.3 is 12.1 Å². The normalized spacial score (nSPS) is 27.3. The molecule has 3 nitrogen and oxygen atoms in total. The van der Waals surface area contributed by atoms with Gasteiger partial charge in [0.05, 0.1) is 0 Å². The van der Waals surface area contributed by atoms with Gasteiger partial charge in [-0.3, -0.25) is 9.59 Å². The number of ketones is 1. The second-order valence-electron chi connectivity index (χ2n) is 9.10. The van der Waals surface area contributed by atoms with Crippen molar-refractivity contribution >= 4 is 11.8 Å². The quantitative estimate of drug-likeness (QED) is 0.372. The largest absolute Gasteiger partial charge is 0.481 e. The van der Waals surface area contributed by atoms with Crippen LogP contribution in [0.4, 0.5) is 13.2 Å². The van der Waals surface area contributed by atoms with E-state index in [4.69, 9.17) is 5.11 Å². The maximum Gasteiger partial charge on any atom is 0.454 e. The highest BCUT2D eigenvalue weighted by Crippen LogP contribution is 2.44. The lowest BCUT2D eigenvalue weighted by Gasteiger charge is -2.37. The van der Waals surface area contributed by atoms with Crippen LogP contribution in [0.1, 0.15) is 86.0 Å². The first-order valence-corrected chi connectivity index (χ1v) is 11.3. The molecule has 170 valence electrons. The van der Waals surface area contributed by atoms with Crippen molar-refractivity contribution in [1.82, 2.24) is 0 Å². The van der Waals surface area contributed by atoms with Crippen molar-refractivity contribution in [1.29, 1.82) is 0 Å². The summed E-state index contributed by atoms with van der Waals surface area (Å²) in [6, 6.07) is 5.99. The summed E-state index contributed by atoms with van der Waals surface area (Å²) in [4.78, 5) is 21.9. The van der Waals surface area contributed by atoms with E-state index in [-0.39, 0.29) is 12.0 Å². The minimum absolute atomic E-state index is 0.191. The van der Waals surface area contributed by atoms with Gasteiger partial charge in [-0.1, -0.05) is 36.4 Å². The molecule has 0 amide bonds. The molecule has 0 unspecified atom stereocenters. The zero-order chi connectivity index (χ0) is 22.4. The third-order valence-electron chi connectivity index (χ3n) is 7.09. The molecule has 0 saturated heterocycles. The van der Waals surface area contributed by atoms with Gasteiger partial charge in [0.1, 0.15) is 0 Å². The Hall–Kier alpha value is -2.11. The number of rotatable bonds is 7. The molecule has 0 spiro atoms.